The van der Waals surface area contributed by atoms with Crippen molar-refractivity contribution in [3.63, 3.8) is 0 Å². The summed E-state index contributed by atoms with van der Waals surface area (Å²) in [6.07, 6.45) is 7.55. The molecule has 17 heavy (non-hydrogen) atoms. The van der Waals surface area contributed by atoms with E-state index in [9.17, 15) is 4.79 Å². The van der Waals surface area contributed by atoms with Gasteiger partial charge in [0.05, 0.1) is 0 Å². The summed E-state index contributed by atoms with van der Waals surface area (Å²) in [5.74, 6) is 1.01. The van der Waals surface area contributed by atoms with Crippen LogP contribution >= 0.6 is 0 Å². The number of hydrogen-bond acceptors (Lipinski definition) is 2. The van der Waals surface area contributed by atoms with Gasteiger partial charge in [0.1, 0.15) is 0 Å². The molecular weight excluding hydrogens is 212 g/mol. The second-order valence-electron chi connectivity index (χ2n) is 5.19. The van der Waals surface area contributed by atoms with Gasteiger partial charge < -0.3 is 10.6 Å². The van der Waals surface area contributed by atoms with Crippen LogP contribution in [-0.2, 0) is 4.79 Å². The summed E-state index contributed by atoms with van der Waals surface area (Å²) in [4.78, 5) is 11.8. The van der Waals surface area contributed by atoms with Crippen molar-refractivity contribution in [3.05, 3.63) is 0 Å². The molecule has 1 atom stereocenters. The lowest BCUT2D eigenvalue weighted by Gasteiger charge is -2.23. The maximum absolute atomic E-state index is 11.8. The first kappa shape index (κ1) is 14.5. The van der Waals surface area contributed by atoms with Crippen molar-refractivity contribution in [2.24, 2.45) is 5.92 Å². The lowest BCUT2D eigenvalue weighted by molar-refractivity contribution is -0.122. The van der Waals surface area contributed by atoms with Gasteiger partial charge >= 0.3 is 0 Å². The summed E-state index contributed by atoms with van der Waals surface area (Å²) >= 11 is 0. The topological polar surface area (TPSA) is 41.1 Å². The van der Waals surface area contributed by atoms with Gasteiger partial charge in [-0.15, -0.1) is 0 Å². The Morgan fingerprint density at radius 1 is 1.35 bits per heavy atom. The van der Waals surface area contributed by atoms with Crippen LogP contribution in [0.3, 0.4) is 0 Å². The predicted octanol–water partition coefficient (Wildman–Crippen LogP) is 2.46. The van der Waals surface area contributed by atoms with Crippen LogP contribution in [-0.4, -0.2) is 25.0 Å². The number of hydrogen-bond donors (Lipinski definition) is 2. The van der Waals surface area contributed by atoms with E-state index in [1.54, 1.807) is 0 Å². The van der Waals surface area contributed by atoms with E-state index < -0.39 is 0 Å². The van der Waals surface area contributed by atoms with Crippen LogP contribution < -0.4 is 10.6 Å². The van der Waals surface area contributed by atoms with Gasteiger partial charge in [0.15, 0.2) is 0 Å². The minimum atomic E-state index is 0.254. The van der Waals surface area contributed by atoms with Gasteiger partial charge in [-0.3, -0.25) is 4.79 Å². The van der Waals surface area contributed by atoms with Crippen molar-refractivity contribution in [1.82, 2.24) is 10.6 Å². The quantitative estimate of drug-likeness (QED) is 0.718. The highest BCUT2D eigenvalue weighted by Gasteiger charge is 2.15. The first-order valence-corrected chi connectivity index (χ1v) is 7.26. The van der Waals surface area contributed by atoms with Crippen LogP contribution in [0.25, 0.3) is 0 Å². The molecule has 2 N–H and O–H groups in total. The monoisotopic (exact) mass is 240 g/mol. The molecular formula is C14H28N2O. The van der Waals surface area contributed by atoms with Crippen molar-refractivity contribution in [1.29, 1.82) is 0 Å². The summed E-state index contributed by atoms with van der Waals surface area (Å²) in [6.45, 7) is 6.57. The Labute approximate surface area is 106 Å². The molecule has 1 rings (SSSR count). The molecule has 3 heteroatoms. The lowest BCUT2D eigenvalue weighted by atomic mass is 9.93. The van der Waals surface area contributed by atoms with Crippen molar-refractivity contribution in [2.75, 3.05) is 13.1 Å². The van der Waals surface area contributed by atoms with Crippen LogP contribution in [0.2, 0.25) is 0 Å². The summed E-state index contributed by atoms with van der Waals surface area (Å²) < 4.78 is 0. The van der Waals surface area contributed by atoms with E-state index in [0.29, 0.717) is 12.5 Å². The van der Waals surface area contributed by atoms with E-state index in [-0.39, 0.29) is 5.91 Å². The van der Waals surface area contributed by atoms with Crippen LogP contribution in [0.15, 0.2) is 0 Å². The molecule has 1 saturated heterocycles. The van der Waals surface area contributed by atoms with Gasteiger partial charge in [0, 0.05) is 12.5 Å². The van der Waals surface area contributed by atoms with E-state index in [4.69, 9.17) is 0 Å². The molecule has 0 aromatic rings. The highest BCUT2D eigenvalue weighted by atomic mass is 16.1. The molecule has 1 heterocycles. The number of nitrogens with one attached hydrogen (secondary N) is 2. The fourth-order valence-electron chi connectivity index (χ4n) is 2.53. The van der Waals surface area contributed by atoms with Crippen molar-refractivity contribution in [3.8, 4) is 0 Å². The van der Waals surface area contributed by atoms with Crippen LogP contribution in [0, 0.1) is 5.92 Å². The zero-order valence-corrected chi connectivity index (χ0v) is 11.4. The molecule has 3 nitrogen and oxygen atoms in total. The predicted molar refractivity (Wildman–Crippen MR) is 72.0 cm³/mol. The second kappa shape index (κ2) is 8.51. The number of amides is 1. The first-order valence-electron chi connectivity index (χ1n) is 7.26. The van der Waals surface area contributed by atoms with Gasteiger partial charge in [0.2, 0.25) is 5.91 Å². The van der Waals surface area contributed by atoms with E-state index in [0.717, 1.165) is 44.7 Å². The number of rotatable bonds is 7. The fourth-order valence-corrected chi connectivity index (χ4v) is 2.53. The Hall–Kier alpha value is -0.570. The van der Waals surface area contributed by atoms with Gasteiger partial charge in [0.25, 0.3) is 0 Å². The molecule has 0 aliphatic carbocycles. The summed E-state index contributed by atoms with van der Waals surface area (Å²) in [5, 5.41) is 6.51. The maximum Gasteiger partial charge on any atom is 0.220 e. The lowest BCUT2D eigenvalue weighted by Crippen LogP contribution is -2.35. The number of carbonyl (C=O) groups is 1. The minimum absolute atomic E-state index is 0.254. The Balaban J connectivity index is 2.14. The highest BCUT2D eigenvalue weighted by molar-refractivity contribution is 5.76. The second-order valence-corrected chi connectivity index (χ2v) is 5.19. The Morgan fingerprint density at radius 2 is 2.06 bits per heavy atom. The highest BCUT2D eigenvalue weighted by Crippen LogP contribution is 2.17. The van der Waals surface area contributed by atoms with E-state index >= 15 is 0 Å². The summed E-state index contributed by atoms with van der Waals surface area (Å²) in [5.41, 5.74) is 0. The molecule has 0 bridgehead atoms. The largest absolute Gasteiger partial charge is 0.353 e. The van der Waals surface area contributed by atoms with Gasteiger partial charge in [-0.05, 0) is 51.1 Å². The minimum Gasteiger partial charge on any atom is -0.353 e. The average molecular weight is 240 g/mol. The van der Waals surface area contributed by atoms with Crippen LogP contribution in [0.5, 0.6) is 0 Å². The molecule has 1 fully saturated rings. The fraction of sp³-hybridized carbons (Fsp3) is 0.929. The smallest absolute Gasteiger partial charge is 0.220 e. The van der Waals surface area contributed by atoms with Crippen LogP contribution in [0.1, 0.15) is 58.8 Å². The molecule has 0 saturated carbocycles. The molecule has 1 aliphatic heterocycles. The SMILES string of the molecule is CCCC(CC)NC(=O)CCC1CCNCC1. The summed E-state index contributed by atoms with van der Waals surface area (Å²) in [6, 6.07) is 0.389. The van der Waals surface area contributed by atoms with Gasteiger partial charge in [-0.1, -0.05) is 20.3 Å². The van der Waals surface area contributed by atoms with E-state index in [1.165, 1.54) is 12.8 Å². The molecule has 100 valence electrons. The van der Waals surface area contributed by atoms with E-state index in [2.05, 4.69) is 24.5 Å². The van der Waals surface area contributed by atoms with Crippen molar-refractivity contribution < 1.29 is 4.79 Å². The molecule has 1 aliphatic rings. The Kier molecular flexibility index (Phi) is 7.25. The van der Waals surface area contributed by atoms with Crippen LogP contribution in [0.4, 0.5) is 0 Å². The first-order chi connectivity index (χ1) is 8.26. The zero-order chi connectivity index (χ0) is 12.5. The summed E-state index contributed by atoms with van der Waals surface area (Å²) in [7, 11) is 0. The third-order valence-electron chi connectivity index (χ3n) is 3.73. The third kappa shape index (κ3) is 6.06. The Bertz CT molecular complexity index is 212. The van der Waals surface area contributed by atoms with Crippen molar-refractivity contribution >= 4 is 5.91 Å². The van der Waals surface area contributed by atoms with Gasteiger partial charge in [-0.25, -0.2) is 0 Å². The molecule has 0 radical (unpaired) electrons. The van der Waals surface area contributed by atoms with E-state index in [1.807, 2.05) is 0 Å². The molecule has 1 amide bonds. The maximum atomic E-state index is 11.8. The number of carbonyl (C=O) groups excluding carboxylic acids is 1. The van der Waals surface area contributed by atoms with Gasteiger partial charge in [-0.2, -0.15) is 0 Å². The molecule has 1 unspecified atom stereocenters. The standard InChI is InChI=1S/C14H28N2O/c1-3-5-13(4-2)16-14(17)7-6-12-8-10-15-11-9-12/h12-13,15H,3-11H2,1-2H3,(H,16,17). The third-order valence-corrected chi connectivity index (χ3v) is 3.73. The molecule has 0 aromatic heterocycles. The Morgan fingerprint density at radius 3 is 2.65 bits per heavy atom. The number of piperidine rings is 1. The zero-order valence-electron chi connectivity index (χ0n) is 11.4. The molecule has 0 spiro atoms. The molecule has 0 aromatic carbocycles. The normalized spacial score (nSPS) is 18.9. The van der Waals surface area contributed by atoms with Crippen molar-refractivity contribution in [2.45, 2.75) is 64.8 Å². The average Bonchev–Trinajstić information content (AvgIpc) is 2.37.